The van der Waals surface area contributed by atoms with E-state index in [4.69, 9.17) is 42.7 Å². The summed E-state index contributed by atoms with van der Waals surface area (Å²) in [6.45, 7) is 4.14. The minimum atomic E-state index is -0.488. The Labute approximate surface area is 202 Å². The van der Waals surface area contributed by atoms with Crippen molar-refractivity contribution in [3.8, 4) is 11.1 Å². The van der Waals surface area contributed by atoms with Crippen LogP contribution in [0.5, 0.6) is 0 Å². The Kier molecular flexibility index (Phi) is 6.86. The summed E-state index contributed by atoms with van der Waals surface area (Å²) in [6, 6.07) is 9.74. The molecule has 0 aliphatic carbocycles. The van der Waals surface area contributed by atoms with E-state index in [0.29, 0.717) is 29.3 Å². The first-order chi connectivity index (χ1) is 15.8. The Morgan fingerprint density at radius 3 is 2.33 bits per heavy atom. The topological polar surface area (TPSA) is 56.1 Å². The fourth-order valence-electron chi connectivity index (χ4n) is 4.11. The number of ether oxygens (including phenoxy) is 2. The van der Waals surface area contributed by atoms with Gasteiger partial charge in [-0.05, 0) is 29.7 Å². The van der Waals surface area contributed by atoms with Crippen LogP contribution in [0, 0.1) is 11.7 Å². The maximum absolute atomic E-state index is 13.7. The zero-order chi connectivity index (χ0) is 23.7. The molecule has 0 fully saturated rings. The summed E-state index contributed by atoms with van der Waals surface area (Å²) in [5.74, 6) is 0.905. The summed E-state index contributed by atoms with van der Waals surface area (Å²) in [7, 11) is 3.22. The van der Waals surface area contributed by atoms with Crippen LogP contribution in [0.2, 0.25) is 10.0 Å². The summed E-state index contributed by atoms with van der Waals surface area (Å²) in [5, 5.41) is 1.38. The van der Waals surface area contributed by atoms with E-state index in [1.54, 1.807) is 20.4 Å². The predicted molar refractivity (Wildman–Crippen MR) is 132 cm³/mol. The van der Waals surface area contributed by atoms with Gasteiger partial charge in [-0.1, -0.05) is 55.2 Å². The van der Waals surface area contributed by atoms with Crippen molar-refractivity contribution in [3.63, 3.8) is 0 Å². The van der Waals surface area contributed by atoms with Crippen molar-refractivity contribution < 1.29 is 13.9 Å². The molecule has 4 rings (SSSR count). The summed E-state index contributed by atoms with van der Waals surface area (Å²) >= 11 is 12.7. The first-order valence-electron chi connectivity index (χ1n) is 10.6. The van der Waals surface area contributed by atoms with Crippen molar-refractivity contribution in [2.24, 2.45) is 15.9 Å². The molecule has 2 heterocycles. The van der Waals surface area contributed by atoms with E-state index < -0.39 is 5.82 Å². The number of aliphatic imine (C=N–C) groups is 2. The summed E-state index contributed by atoms with van der Waals surface area (Å²) < 4.78 is 24.9. The summed E-state index contributed by atoms with van der Waals surface area (Å²) in [4.78, 5) is 14.2. The standard InChI is InChI=1S/C25H24Cl2FN3O2/c1-13(2)22-25(33-4)30-20(24(31-22)32-3)10-14-7-8-17(23-16(14)6-5-9-29-23)21-18(26)11-15(28)12-19(21)27/h5-9,11-13,20,22H,10H2,1-4H3/t20-,22+/m0/s1. The van der Waals surface area contributed by atoms with Crippen LogP contribution in [0.4, 0.5) is 4.39 Å². The van der Waals surface area contributed by atoms with Gasteiger partial charge in [0.25, 0.3) is 0 Å². The van der Waals surface area contributed by atoms with Crippen LogP contribution in [0.25, 0.3) is 22.0 Å². The van der Waals surface area contributed by atoms with Crippen molar-refractivity contribution >= 4 is 45.9 Å². The number of rotatable bonds is 4. The van der Waals surface area contributed by atoms with Gasteiger partial charge in [-0.2, -0.15) is 0 Å². The molecule has 1 aromatic heterocycles. The SMILES string of the molecule is COC1=N[C@H](C(C)C)C(OC)=N[C@H]1Cc1ccc(-c2c(Cl)cc(F)cc2Cl)c2ncccc12. The minimum absolute atomic E-state index is 0.176. The van der Waals surface area contributed by atoms with Gasteiger partial charge in [0, 0.05) is 29.1 Å². The third kappa shape index (κ3) is 4.55. The first kappa shape index (κ1) is 23.5. The highest BCUT2D eigenvalue weighted by molar-refractivity contribution is 6.39. The highest BCUT2D eigenvalue weighted by atomic mass is 35.5. The predicted octanol–water partition coefficient (Wildman–Crippen LogP) is 6.39. The smallest absolute Gasteiger partial charge is 0.209 e. The fraction of sp³-hybridized carbons (Fsp3) is 0.320. The van der Waals surface area contributed by atoms with Crippen molar-refractivity contribution in [2.45, 2.75) is 32.4 Å². The van der Waals surface area contributed by atoms with Gasteiger partial charge in [0.05, 0.1) is 29.8 Å². The largest absolute Gasteiger partial charge is 0.483 e. The second-order valence-corrected chi connectivity index (χ2v) is 8.98. The Bertz CT molecular complexity index is 1240. The van der Waals surface area contributed by atoms with Crippen LogP contribution < -0.4 is 0 Å². The number of fused-ring (bicyclic) bond motifs is 1. The molecule has 8 heteroatoms. The van der Waals surface area contributed by atoms with E-state index in [9.17, 15) is 4.39 Å². The van der Waals surface area contributed by atoms with Crippen molar-refractivity contribution in [2.75, 3.05) is 14.2 Å². The molecule has 33 heavy (non-hydrogen) atoms. The average Bonchev–Trinajstić information content (AvgIpc) is 2.79. The lowest BCUT2D eigenvalue weighted by atomic mass is 9.94. The molecule has 0 saturated carbocycles. The monoisotopic (exact) mass is 487 g/mol. The van der Waals surface area contributed by atoms with E-state index in [1.165, 1.54) is 12.1 Å². The molecule has 1 aliphatic rings. The van der Waals surface area contributed by atoms with Crippen molar-refractivity contribution in [3.05, 3.63) is 64.0 Å². The van der Waals surface area contributed by atoms with Gasteiger partial charge in [-0.3, -0.25) is 4.98 Å². The Hall–Kier alpha value is -2.70. The first-order valence-corrected chi connectivity index (χ1v) is 11.3. The molecule has 1 aliphatic heterocycles. The van der Waals surface area contributed by atoms with Crippen LogP contribution in [-0.2, 0) is 15.9 Å². The van der Waals surface area contributed by atoms with Gasteiger partial charge in [0.15, 0.2) is 0 Å². The van der Waals surface area contributed by atoms with Crippen LogP contribution >= 0.6 is 23.2 Å². The third-order valence-electron chi connectivity index (χ3n) is 5.69. The molecule has 0 amide bonds. The quantitative estimate of drug-likeness (QED) is 0.428. The summed E-state index contributed by atoms with van der Waals surface area (Å²) in [6.07, 6.45) is 2.25. The number of hydrogen-bond acceptors (Lipinski definition) is 5. The number of halogens is 3. The van der Waals surface area contributed by atoms with Gasteiger partial charge < -0.3 is 9.47 Å². The molecule has 0 N–H and O–H groups in total. The third-order valence-corrected chi connectivity index (χ3v) is 6.28. The fourth-order valence-corrected chi connectivity index (χ4v) is 4.78. The second-order valence-electron chi connectivity index (χ2n) is 8.17. The highest BCUT2D eigenvalue weighted by Gasteiger charge is 2.31. The maximum atomic E-state index is 13.7. The highest BCUT2D eigenvalue weighted by Crippen LogP contribution is 2.39. The lowest BCUT2D eigenvalue weighted by Gasteiger charge is -2.27. The van der Waals surface area contributed by atoms with Crippen LogP contribution in [0.1, 0.15) is 19.4 Å². The molecule has 2 aromatic carbocycles. The molecule has 0 bridgehead atoms. The number of pyridine rings is 1. The minimum Gasteiger partial charge on any atom is -0.483 e. The van der Waals surface area contributed by atoms with Crippen molar-refractivity contribution in [1.29, 1.82) is 0 Å². The lowest BCUT2D eigenvalue weighted by molar-refractivity contribution is 0.333. The molecule has 0 radical (unpaired) electrons. The molecular formula is C25H24Cl2FN3O2. The lowest BCUT2D eigenvalue weighted by Crippen LogP contribution is -2.38. The zero-order valence-electron chi connectivity index (χ0n) is 18.8. The average molecular weight is 488 g/mol. The molecular weight excluding hydrogens is 464 g/mol. The Morgan fingerprint density at radius 2 is 1.70 bits per heavy atom. The second kappa shape index (κ2) is 9.65. The van der Waals surface area contributed by atoms with Crippen molar-refractivity contribution in [1.82, 2.24) is 4.98 Å². The van der Waals surface area contributed by atoms with Gasteiger partial charge in [-0.25, -0.2) is 14.4 Å². The van der Waals surface area contributed by atoms with E-state index in [1.807, 2.05) is 24.3 Å². The molecule has 0 saturated heterocycles. The van der Waals surface area contributed by atoms with Crippen LogP contribution in [-0.4, -0.2) is 43.1 Å². The maximum Gasteiger partial charge on any atom is 0.209 e. The van der Waals surface area contributed by atoms with Gasteiger partial charge in [-0.15, -0.1) is 0 Å². The molecule has 2 atom stereocenters. The van der Waals surface area contributed by atoms with Gasteiger partial charge >= 0.3 is 0 Å². The molecule has 0 unspecified atom stereocenters. The molecule has 5 nitrogen and oxygen atoms in total. The Balaban J connectivity index is 1.79. The van der Waals surface area contributed by atoms with Crippen LogP contribution in [0.3, 0.4) is 0 Å². The number of methoxy groups -OCH3 is 2. The number of aromatic nitrogens is 1. The number of benzene rings is 2. The van der Waals surface area contributed by atoms with E-state index >= 15 is 0 Å². The molecule has 172 valence electrons. The van der Waals surface area contributed by atoms with Crippen LogP contribution in [0.15, 0.2) is 52.6 Å². The molecule has 0 spiro atoms. The molecule has 3 aromatic rings. The number of hydrogen-bond donors (Lipinski definition) is 0. The summed E-state index contributed by atoms with van der Waals surface area (Å²) in [5.41, 5.74) is 3.00. The van der Waals surface area contributed by atoms with E-state index in [0.717, 1.165) is 16.5 Å². The van der Waals surface area contributed by atoms with E-state index in [-0.39, 0.29) is 28.0 Å². The number of nitrogens with zero attached hydrogens (tertiary/aromatic N) is 3. The van der Waals surface area contributed by atoms with Gasteiger partial charge in [0.1, 0.15) is 17.9 Å². The van der Waals surface area contributed by atoms with E-state index in [2.05, 4.69) is 18.8 Å². The normalized spacial score (nSPS) is 18.3. The Morgan fingerprint density at radius 1 is 1.00 bits per heavy atom. The van der Waals surface area contributed by atoms with Gasteiger partial charge in [0.2, 0.25) is 11.8 Å². The zero-order valence-corrected chi connectivity index (χ0v) is 20.3.